The number of fused-ring (bicyclic) bond motifs is 1. The maximum absolute atomic E-state index is 13.9. The molecule has 0 bridgehead atoms. The highest BCUT2D eigenvalue weighted by atomic mass is 19.1. The van der Waals surface area contributed by atoms with Crippen LogP contribution in [0.5, 0.6) is 0 Å². The van der Waals surface area contributed by atoms with Gasteiger partial charge in [-0.1, -0.05) is 36.4 Å². The Bertz CT molecular complexity index is 1240. The molecule has 3 aromatic carbocycles. The van der Waals surface area contributed by atoms with Gasteiger partial charge in [-0.05, 0) is 29.0 Å². The second-order valence-corrected chi connectivity index (χ2v) is 6.34. The number of nitrogens with zero attached hydrogens (tertiary/aromatic N) is 2. The highest BCUT2D eigenvalue weighted by Crippen LogP contribution is 2.27. The van der Waals surface area contributed by atoms with Gasteiger partial charge < -0.3 is 11.1 Å². The van der Waals surface area contributed by atoms with Crippen LogP contribution in [0.2, 0.25) is 0 Å². The van der Waals surface area contributed by atoms with Crippen LogP contribution in [-0.4, -0.2) is 15.9 Å². The first-order valence-corrected chi connectivity index (χ1v) is 8.89. The average molecular weight is 406 g/mol. The Hall–Kier alpha value is -4.27. The Morgan fingerprint density at radius 2 is 1.70 bits per heavy atom. The topological polar surface area (TPSA) is 105 Å². The lowest BCUT2D eigenvalue weighted by molar-refractivity contribution is 0.0964. The first kappa shape index (κ1) is 19.1. The molecule has 4 rings (SSSR count). The van der Waals surface area contributed by atoms with Crippen LogP contribution in [0.1, 0.15) is 10.4 Å². The van der Waals surface area contributed by atoms with E-state index in [-0.39, 0.29) is 23.0 Å². The molecule has 5 N–H and O–H groups in total. The molecule has 0 spiro atoms. The van der Waals surface area contributed by atoms with Crippen molar-refractivity contribution in [2.45, 2.75) is 0 Å². The summed E-state index contributed by atoms with van der Waals surface area (Å²) in [6, 6.07) is 15.8. The van der Waals surface area contributed by atoms with Crippen LogP contribution < -0.4 is 21.9 Å². The van der Waals surface area contributed by atoms with Crippen LogP contribution in [0, 0.1) is 11.6 Å². The van der Waals surface area contributed by atoms with E-state index in [0.717, 1.165) is 29.0 Å². The van der Waals surface area contributed by atoms with Crippen molar-refractivity contribution in [1.29, 1.82) is 0 Å². The lowest BCUT2D eigenvalue weighted by Gasteiger charge is -2.14. The number of rotatable bonds is 5. The lowest BCUT2D eigenvalue weighted by Crippen LogP contribution is -2.30. The molecular weight excluding hydrogens is 390 g/mol. The Labute approximate surface area is 169 Å². The molecule has 0 fully saturated rings. The zero-order chi connectivity index (χ0) is 21.1. The largest absolute Gasteiger partial charge is 0.393 e. The molecule has 30 heavy (non-hydrogen) atoms. The van der Waals surface area contributed by atoms with Crippen molar-refractivity contribution in [3.63, 3.8) is 0 Å². The second kappa shape index (κ2) is 8.00. The minimum absolute atomic E-state index is 0.0133. The van der Waals surface area contributed by atoms with Crippen LogP contribution in [0.25, 0.3) is 10.8 Å². The smallest absolute Gasteiger partial charge is 0.270 e. The molecule has 9 heteroatoms. The summed E-state index contributed by atoms with van der Waals surface area (Å²) in [4.78, 5) is 20.6. The van der Waals surface area contributed by atoms with E-state index < -0.39 is 17.5 Å². The fraction of sp³-hybridized carbons (Fsp3) is 0. The van der Waals surface area contributed by atoms with Crippen molar-refractivity contribution in [3.05, 3.63) is 84.2 Å². The fourth-order valence-corrected chi connectivity index (χ4v) is 2.92. The van der Waals surface area contributed by atoms with Crippen molar-refractivity contribution in [1.82, 2.24) is 15.4 Å². The monoisotopic (exact) mass is 406 g/mol. The van der Waals surface area contributed by atoms with Gasteiger partial charge in [0.1, 0.15) is 23.6 Å². The predicted molar refractivity (Wildman–Crippen MR) is 111 cm³/mol. The average Bonchev–Trinajstić information content (AvgIpc) is 2.76. The number of benzene rings is 3. The van der Waals surface area contributed by atoms with Gasteiger partial charge in [0.15, 0.2) is 11.6 Å². The molecule has 7 nitrogen and oxygen atoms in total. The van der Waals surface area contributed by atoms with Crippen molar-refractivity contribution in [2.24, 2.45) is 0 Å². The number of hydrogen-bond acceptors (Lipinski definition) is 6. The van der Waals surface area contributed by atoms with E-state index in [9.17, 15) is 13.6 Å². The molecule has 0 aliphatic carbocycles. The molecule has 1 heterocycles. The molecule has 1 aromatic heterocycles. The minimum atomic E-state index is -0.673. The highest BCUT2D eigenvalue weighted by molar-refractivity contribution is 6.07. The predicted octanol–water partition coefficient (Wildman–Crippen LogP) is 3.99. The number of amides is 1. The lowest BCUT2D eigenvalue weighted by atomic mass is 10.0. The fourth-order valence-electron chi connectivity index (χ4n) is 2.92. The Kier molecular flexibility index (Phi) is 5.08. The number of nitrogens with two attached hydrogens (primary N) is 1. The number of halogens is 2. The van der Waals surface area contributed by atoms with E-state index in [4.69, 9.17) is 5.73 Å². The summed E-state index contributed by atoms with van der Waals surface area (Å²) in [6.07, 6.45) is 1.17. The van der Waals surface area contributed by atoms with Gasteiger partial charge in [-0.15, -0.1) is 0 Å². The van der Waals surface area contributed by atoms with Crippen LogP contribution in [0.3, 0.4) is 0 Å². The molecule has 0 unspecified atom stereocenters. The third-order valence-electron chi connectivity index (χ3n) is 4.39. The Morgan fingerprint density at radius 3 is 2.57 bits per heavy atom. The molecule has 150 valence electrons. The number of carbonyl (C=O) groups excluding carboxylic acids is 1. The van der Waals surface area contributed by atoms with E-state index in [0.29, 0.717) is 5.56 Å². The number of nitrogens with one attached hydrogen (secondary N) is 3. The second-order valence-electron chi connectivity index (χ2n) is 6.34. The summed E-state index contributed by atoms with van der Waals surface area (Å²) in [5, 5.41) is 4.34. The molecule has 0 atom stereocenters. The first-order valence-electron chi connectivity index (χ1n) is 8.89. The van der Waals surface area contributed by atoms with Crippen LogP contribution in [-0.2, 0) is 0 Å². The molecule has 4 aromatic rings. The van der Waals surface area contributed by atoms with E-state index in [1.54, 1.807) is 12.1 Å². The van der Waals surface area contributed by atoms with Crippen LogP contribution in [0.4, 0.5) is 31.8 Å². The van der Waals surface area contributed by atoms with Crippen molar-refractivity contribution >= 4 is 39.7 Å². The zero-order valence-corrected chi connectivity index (χ0v) is 15.5. The van der Waals surface area contributed by atoms with Gasteiger partial charge in [-0.25, -0.2) is 18.7 Å². The number of carbonyl (C=O) groups is 1. The van der Waals surface area contributed by atoms with Gasteiger partial charge in [0.05, 0.1) is 5.69 Å². The Balaban J connectivity index is 1.53. The van der Waals surface area contributed by atoms with E-state index in [2.05, 4.69) is 26.1 Å². The number of aromatic nitrogens is 2. The van der Waals surface area contributed by atoms with Crippen molar-refractivity contribution < 1.29 is 13.6 Å². The number of hydrogen-bond donors (Lipinski definition) is 4. The summed E-state index contributed by atoms with van der Waals surface area (Å²) in [5.74, 6) is -1.54. The number of nitrogen functional groups attached to an aromatic ring is 1. The summed E-state index contributed by atoms with van der Waals surface area (Å²) < 4.78 is 27.3. The molecule has 0 aliphatic rings. The quantitative estimate of drug-likeness (QED) is 0.374. The summed E-state index contributed by atoms with van der Waals surface area (Å²) in [5.41, 5.74) is 11.5. The van der Waals surface area contributed by atoms with Crippen LogP contribution in [0.15, 0.2) is 67.0 Å². The standard InChI is InChI=1S/C21H16F2N6O/c22-13-8-9-16(23)17(10-13)27-19-18(24)20(26-11-25-19)28-29-21(30)15-7-3-5-12-4-1-2-6-14(12)15/h1-11H,24H2,(H,29,30)(H2,25,26,27,28). The summed E-state index contributed by atoms with van der Waals surface area (Å²) >= 11 is 0. The third kappa shape index (κ3) is 3.81. The number of anilines is 4. The van der Waals surface area contributed by atoms with Gasteiger partial charge in [-0.2, -0.15) is 0 Å². The van der Waals surface area contributed by atoms with Crippen molar-refractivity contribution in [3.8, 4) is 0 Å². The van der Waals surface area contributed by atoms with Gasteiger partial charge in [-0.3, -0.25) is 15.6 Å². The number of hydrazine groups is 1. The SMILES string of the molecule is Nc1c(NNC(=O)c2cccc3ccccc23)ncnc1Nc1cc(F)ccc1F. The van der Waals surface area contributed by atoms with E-state index in [1.165, 1.54) is 6.33 Å². The van der Waals surface area contributed by atoms with Gasteiger partial charge in [0, 0.05) is 11.6 Å². The molecule has 0 radical (unpaired) electrons. The minimum Gasteiger partial charge on any atom is -0.393 e. The maximum atomic E-state index is 13.9. The molecule has 0 aliphatic heterocycles. The van der Waals surface area contributed by atoms with Gasteiger partial charge in [0.2, 0.25) is 0 Å². The van der Waals surface area contributed by atoms with Gasteiger partial charge in [0.25, 0.3) is 5.91 Å². The van der Waals surface area contributed by atoms with E-state index >= 15 is 0 Å². The normalized spacial score (nSPS) is 10.6. The molecule has 0 saturated heterocycles. The van der Waals surface area contributed by atoms with Gasteiger partial charge >= 0.3 is 0 Å². The summed E-state index contributed by atoms with van der Waals surface area (Å²) in [6.45, 7) is 0. The molecular formula is C21H16F2N6O. The molecule has 1 amide bonds. The highest BCUT2D eigenvalue weighted by Gasteiger charge is 2.13. The van der Waals surface area contributed by atoms with E-state index in [1.807, 2.05) is 30.3 Å². The Morgan fingerprint density at radius 1 is 0.933 bits per heavy atom. The maximum Gasteiger partial charge on any atom is 0.270 e. The zero-order valence-electron chi connectivity index (χ0n) is 15.5. The van der Waals surface area contributed by atoms with Crippen molar-refractivity contribution in [2.75, 3.05) is 16.5 Å². The third-order valence-corrected chi connectivity index (χ3v) is 4.39. The summed E-state index contributed by atoms with van der Waals surface area (Å²) in [7, 11) is 0. The first-order chi connectivity index (χ1) is 14.5. The van der Waals surface area contributed by atoms with Crippen LogP contribution >= 0.6 is 0 Å². The molecule has 0 saturated carbocycles.